The number of alkyl halides is 2. The fourth-order valence-corrected chi connectivity index (χ4v) is 3.09. The lowest BCUT2D eigenvalue weighted by atomic mass is 10.1. The zero-order valence-electron chi connectivity index (χ0n) is 12.0. The van der Waals surface area contributed by atoms with Crippen LogP contribution in [0.2, 0.25) is 0 Å². The molecular weight excluding hydrogens is 387 g/mol. The van der Waals surface area contributed by atoms with Gasteiger partial charge < -0.3 is 5.32 Å². The quantitative estimate of drug-likeness (QED) is 0.742. The smallest absolute Gasteiger partial charge is 0.263 e. The number of hydrogen-bond donors (Lipinski definition) is 1. The minimum atomic E-state index is -2.50. The standard InChI is InChI=1S/C15H16F2IN3/c1-8(2)12-11(18)15(19-3)21-14(20-12)10-6-4-5-9(7-10)13(16)17/h4-8,13H,1-3H3,(H,19,20,21). The Morgan fingerprint density at radius 2 is 1.90 bits per heavy atom. The van der Waals surface area contributed by atoms with E-state index in [1.807, 2.05) is 13.8 Å². The summed E-state index contributed by atoms with van der Waals surface area (Å²) >= 11 is 2.20. The summed E-state index contributed by atoms with van der Waals surface area (Å²) in [5.74, 6) is 1.40. The molecule has 0 saturated carbocycles. The number of nitrogens with zero attached hydrogens (tertiary/aromatic N) is 2. The van der Waals surface area contributed by atoms with Crippen LogP contribution in [0.4, 0.5) is 14.6 Å². The lowest BCUT2D eigenvalue weighted by Gasteiger charge is -2.14. The Bertz CT molecular complexity index is 645. The Morgan fingerprint density at radius 1 is 1.19 bits per heavy atom. The van der Waals surface area contributed by atoms with Crippen molar-refractivity contribution in [3.63, 3.8) is 0 Å². The first kappa shape index (κ1) is 16.1. The molecule has 0 aliphatic heterocycles. The van der Waals surface area contributed by atoms with E-state index in [4.69, 9.17) is 0 Å². The molecule has 112 valence electrons. The van der Waals surface area contributed by atoms with Gasteiger partial charge >= 0.3 is 0 Å². The Hall–Kier alpha value is -1.31. The Kier molecular flexibility index (Phi) is 5.08. The molecule has 0 atom stereocenters. The zero-order valence-corrected chi connectivity index (χ0v) is 14.1. The number of rotatable bonds is 4. The SMILES string of the molecule is CNc1nc(-c2cccc(C(F)F)c2)nc(C(C)C)c1I. The lowest BCUT2D eigenvalue weighted by Crippen LogP contribution is -2.06. The average molecular weight is 403 g/mol. The maximum absolute atomic E-state index is 12.8. The van der Waals surface area contributed by atoms with Gasteiger partial charge in [-0.25, -0.2) is 18.7 Å². The molecule has 1 aromatic heterocycles. The molecule has 0 radical (unpaired) electrons. The fraction of sp³-hybridized carbons (Fsp3) is 0.333. The van der Waals surface area contributed by atoms with Crippen molar-refractivity contribution >= 4 is 28.4 Å². The average Bonchev–Trinajstić information content (AvgIpc) is 2.47. The summed E-state index contributed by atoms with van der Waals surface area (Å²) in [5.41, 5.74) is 1.49. The molecule has 0 fully saturated rings. The van der Waals surface area contributed by atoms with E-state index >= 15 is 0 Å². The Balaban J connectivity index is 2.58. The monoisotopic (exact) mass is 403 g/mol. The van der Waals surface area contributed by atoms with Gasteiger partial charge in [-0.2, -0.15) is 0 Å². The van der Waals surface area contributed by atoms with Gasteiger partial charge in [0.2, 0.25) is 0 Å². The van der Waals surface area contributed by atoms with Crippen molar-refractivity contribution in [1.82, 2.24) is 9.97 Å². The van der Waals surface area contributed by atoms with Gasteiger partial charge in [-0.15, -0.1) is 0 Å². The topological polar surface area (TPSA) is 37.8 Å². The van der Waals surface area contributed by atoms with Crippen molar-refractivity contribution in [2.24, 2.45) is 0 Å². The first-order valence-electron chi connectivity index (χ1n) is 6.57. The van der Waals surface area contributed by atoms with E-state index < -0.39 is 6.43 Å². The second kappa shape index (κ2) is 6.64. The molecule has 0 unspecified atom stereocenters. The van der Waals surface area contributed by atoms with E-state index in [1.54, 1.807) is 19.2 Å². The van der Waals surface area contributed by atoms with E-state index in [9.17, 15) is 8.78 Å². The van der Waals surface area contributed by atoms with Crippen LogP contribution in [-0.4, -0.2) is 17.0 Å². The zero-order chi connectivity index (χ0) is 15.6. The molecule has 1 aromatic carbocycles. The molecule has 3 nitrogen and oxygen atoms in total. The third-order valence-electron chi connectivity index (χ3n) is 3.06. The van der Waals surface area contributed by atoms with Gasteiger partial charge in [0.25, 0.3) is 6.43 Å². The summed E-state index contributed by atoms with van der Waals surface area (Å²) in [6.45, 7) is 4.09. The third-order valence-corrected chi connectivity index (χ3v) is 4.12. The summed E-state index contributed by atoms with van der Waals surface area (Å²) in [7, 11) is 1.79. The van der Waals surface area contributed by atoms with Gasteiger partial charge in [-0.3, -0.25) is 0 Å². The summed E-state index contributed by atoms with van der Waals surface area (Å²) < 4.78 is 26.6. The van der Waals surface area contributed by atoms with E-state index in [-0.39, 0.29) is 11.5 Å². The third kappa shape index (κ3) is 3.48. The van der Waals surface area contributed by atoms with Gasteiger partial charge in [0.15, 0.2) is 5.82 Å². The molecule has 6 heteroatoms. The highest BCUT2D eigenvalue weighted by Crippen LogP contribution is 2.29. The first-order chi connectivity index (χ1) is 9.93. The number of halogens is 3. The van der Waals surface area contributed by atoms with Crippen LogP contribution in [0.1, 0.15) is 37.4 Å². The second-order valence-corrected chi connectivity index (χ2v) is 6.00. The number of hydrogen-bond acceptors (Lipinski definition) is 3. The molecule has 2 aromatic rings. The van der Waals surface area contributed by atoms with Gasteiger partial charge in [-0.05, 0) is 34.6 Å². The van der Waals surface area contributed by atoms with Gasteiger partial charge in [0.1, 0.15) is 5.82 Å². The normalized spacial score (nSPS) is 11.2. The van der Waals surface area contributed by atoms with Crippen LogP contribution in [0, 0.1) is 3.57 Å². The molecule has 0 saturated heterocycles. The highest BCUT2D eigenvalue weighted by Gasteiger charge is 2.16. The number of nitrogens with one attached hydrogen (secondary N) is 1. The fourth-order valence-electron chi connectivity index (χ4n) is 1.96. The molecular formula is C15H16F2IN3. The van der Waals surface area contributed by atoms with E-state index in [1.165, 1.54) is 12.1 Å². The number of anilines is 1. The first-order valence-corrected chi connectivity index (χ1v) is 7.65. The Morgan fingerprint density at radius 3 is 2.48 bits per heavy atom. The minimum Gasteiger partial charge on any atom is -0.372 e. The maximum Gasteiger partial charge on any atom is 0.263 e. The van der Waals surface area contributed by atoms with Crippen LogP contribution >= 0.6 is 22.6 Å². The summed E-state index contributed by atoms with van der Waals surface area (Å²) in [4.78, 5) is 8.98. The number of benzene rings is 1. The predicted octanol–water partition coefficient (Wildman–Crippen LogP) is 4.85. The van der Waals surface area contributed by atoms with Gasteiger partial charge in [0, 0.05) is 18.2 Å². The minimum absolute atomic E-state index is 0.0215. The highest BCUT2D eigenvalue weighted by molar-refractivity contribution is 14.1. The van der Waals surface area contributed by atoms with Crippen molar-refractivity contribution in [2.45, 2.75) is 26.2 Å². The predicted molar refractivity (Wildman–Crippen MR) is 88.8 cm³/mol. The largest absolute Gasteiger partial charge is 0.372 e. The van der Waals surface area contributed by atoms with Crippen molar-refractivity contribution in [2.75, 3.05) is 12.4 Å². The van der Waals surface area contributed by atoms with Crippen molar-refractivity contribution < 1.29 is 8.78 Å². The summed E-state index contributed by atoms with van der Waals surface area (Å²) in [6, 6.07) is 6.20. The van der Waals surface area contributed by atoms with Crippen LogP contribution in [0.5, 0.6) is 0 Å². The van der Waals surface area contributed by atoms with Crippen LogP contribution in [0.25, 0.3) is 11.4 Å². The van der Waals surface area contributed by atoms with E-state index in [0.29, 0.717) is 17.2 Å². The van der Waals surface area contributed by atoms with Crippen LogP contribution in [0.15, 0.2) is 24.3 Å². The van der Waals surface area contributed by atoms with Gasteiger partial charge in [-0.1, -0.05) is 32.0 Å². The number of aromatic nitrogens is 2. The van der Waals surface area contributed by atoms with Gasteiger partial charge in [0.05, 0.1) is 9.26 Å². The molecule has 21 heavy (non-hydrogen) atoms. The molecule has 0 aliphatic carbocycles. The summed E-state index contributed by atoms with van der Waals surface area (Å²) in [5, 5.41) is 3.03. The Labute approximate surface area is 136 Å². The van der Waals surface area contributed by atoms with Crippen molar-refractivity contribution in [1.29, 1.82) is 0 Å². The molecule has 2 rings (SSSR count). The molecule has 0 bridgehead atoms. The van der Waals surface area contributed by atoms with Crippen LogP contribution in [0.3, 0.4) is 0 Å². The lowest BCUT2D eigenvalue weighted by molar-refractivity contribution is 0.151. The van der Waals surface area contributed by atoms with Crippen molar-refractivity contribution in [3.8, 4) is 11.4 Å². The molecule has 1 heterocycles. The summed E-state index contributed by atoms with van der Waals surface area (Å²) in [6.07, 6.45) is -2.50. The highest BCUT2D eigenvalue weighted by atomic mass is 127. The molecule has 1 N–H and O–H groups in total. The van der Waals surface area contributed by atoms with Crippen molar-refractivity contribution in [3.05, 3.63) is 39.1 Å². The molecule has 0 spiro atoms. The second-order valence-electron chi connectivity index (χ2n) is 4.93. The van der Waals surface area contributed by atoms with E-state index in [0.717, 1.165) is 9.26 Å². The maximum atomic E-state index is 12.8. The molecule has 0 aliphatic rings. The molecule has 0 amide bonds. The van der Waals surface area contributed by atoms with Crippen LogP contribution in [-0.2, 0) is 0 Å². The van der Waals surface area contributed by atoms with Crippen LogP contribution < -0.4 is 5.32 Å². The van der Waals surface area contributed by atoms with E-state index in [2.05, 4.69) is 37.9 Å².